The second kappa shape index (κ2) is 6.98. The van der Waals surface area contributed by atoms with E-state index in [1.54, 1.807) is 0 Å². The minimum atomic E-state index is 0.329. The monoisotopic (exact) mass is 371 g/mol. The Balaban J connectivity index is 1.51. The molecule has 0 amide bonds. The Morgan fingerprint density at radius 3 is 2.57 bits per heavy atom. The van der Waals surface area contributed by atoms with Crippen LogP contribution in [-0.4, -0.2) is 50.1 Å². The maximum Gasteiger partial charge on any atom is 0.215 e. The lowest BCUT2D eigenvalue weighted by Crippen LogP contribution is -2.39. The highest BCUT2D eigenvalue weighted by molar-refractivity contribution is 5.82. The topological polar surface area (TPSA) is 85.6 Å². The van der Waals surface area contributed by atoms with E-state index in [9.17, 15) is 0 Å². The highest BCUT2D eigenvalue weighted by Gasteiger charge is 2.22. The van der Waals surface area contributed by atoms with Crippen LogP contribution in [0.2, 0.25) is 0 Å². The van der Waals surface area contributed by atoms with Crippen molar-refractivity contribution in [2.75, 3.05) is 25.0 Å². The van der Waals surface area contributed by atoms with E-state index in [1.165, 1.54) is 0 Å². The highest BCUT2D eigenvalue weighted by Crippen LogP contribution is 2.26. The molecular formula is C21H21N7. The molecule has 5 rings (SSSR count). The molecule has 7 heteroatoms. The van der Waals surface area contributed by atoms with E-state index in [0.717, 1.165) is 59.9 Å². The van der Waals surface area contributed by atoms with Gasteiger partial charge in [0, 0.05) is 19.1 Å². The third-order valence-corrected chi connectivity index (χ3v) is 5.36. The van der Waals surface area contributed by atoms with E-state index in [0.29, 0.717) is 12.6 Å². The molecule has 0 saturated carbocycles. The summed E-state index contributed by atoms with van der Waals surface area (Å²) in [6.45, 7) is 2.36. The van der Waals surface area contributed by atoms with Gasteiger partial charge in [0.15, 0.2) is 0 Å². The first-order valence-electron chi connectivity index (χ1n) is 9.60. The van der Waals surface area contributed by atoms with E-state index in [-0.39, 0.29) is 0 Å². The molecule has 28 heavy (non-hydrogen) atoms. The molecule has 2 aromatic heterocycles. The fraction of sp³-hybridized carbons (Fsp3) is 0.286. The molecule has 4 aromatic rings. The van der Waals surface area contributed by atoms with Crippen LogP contribution in [0.15, 0.2) is 48.5 Å². The zero-order valence-corrected chi connectivity index (χ0v) is 15.5. The normalized spacial score (nSPS) is 15.8. The second-order valence-electron chi connectivity index (χ2n) is 7.19. The molecular weight excluding hydrogens is 350 g/mol. The molecule has 3 heterocycles. The molecule has 7 nitrogen and oxygen atoms in total. The van der Waals surface area contributed by atoms with Crippen LogP contribution < -0.4 is 5.32 Å². The predicted molar refractivity (Wildman–Crippen MR) is 109 cm³/mol. The van der Waals surface area contributed by atoms with Gasteiger partial charge in [-0.2, -0.15) is 5.26 Å². The van der Waals surface area contributed by atoms with Crippen LogP contribution >= 0.6 is 0 Å². The van der Waals surface area contributed by atoms with Gasteiger partial charge in [-0.05, 0) is 37.1 Å². The maximum atomic E-state index is 8.89. The van der Waals surface area contributed by atoms with Crippen molar-refractivity contribution in [3.05, 3.63) is 48.5 Å². The number of anilines is 1. The molecule has 1 aliphatic heterocycles. The summed E-state index contributed by atoms with van der Waals surface area (Å²) in [5.74, 6) is 1.57. The van der Waals surface area contributed by atoms with Crippen molar-refractivity contribution in [3.63, 3.8) is 0 Å². The summed E-state index contributed by atoms with van der Waals surface area (Å²) in [7, 11) is 0. The Labute approximate surface area is 162 Å². The number of aromatic nitrogens is 4. The van der Waals surface area contributed by atoms with Crippen molar-refractivity contribution < 1.29 is 0 Å². The van der Waals surface area contributed by atoms with Crippen molar-refractivity contribution in [1.82, 2.24) is 24.4 Å². The largest absolute Gasteiger partial charge is 0.352 e. The number of nitriles is 1. The average Bonchev–Trinajstić information content (AvgIpc) is 3.30. The summed E-state index contributed by atoms with van der Waals surface area (Å²) >= 11 is 0. The molecule has 1 aliphatic rings. The Kier molecular flexibility index (Phi) is 4.18. The van der Waals surface area contributed by atoms with Gasteiger partial charge >= 0.3 is 0 Å². The lowest BCUT2D eigenvalue weighted by molar-refractivity contribution is 0.242. The van der Waals surface area contributed by atoms with Crippen LogP contribution in [0.25, 0.3) is 28.0 Å². The molecule has 140 valence electrons. The first-order chi connectivity index (χ1) is 13.8. The van der Waals surface area contributed by atoms with Crippen LogP contribution in [0.4, 0.5) is 5.95 Å². The predicted octanol–water partition coefficient (Wildman–Crippen LogP) is 3.30. The fourth-order valence-corrected chi connectivity index (χ4v) is 3.90. The van der Waals surface area contributed by atoms with Crippen LogP contribution in [0.5, 0.6) is 0 Å². The van der Waals surface area contributed by atoms with Crippen LogP contribution in [0.3, 0.4) is 0 Å². The quantitative estimate of drug-likeness (QED) is 0.538. The summed E-state index contributed by atoms with van der Waals surface area (Å²) < 4.78 is 2.07. The first-order valence-corrected chi connectivity index (χ1v) is 9.60. The number of nitrogens with one attached hydrogen (secondary N) is 2. The van der Waals surface area contributed by atoms with Gasteiger partial charge in [-0.25, -0.2) is 14.5 Å². The van der Waals surface area contributed by atoms with Gasteiger partial charge < -0.3 is 10.3 Å². The van der Waals surface area contributed by atoms with Gasteiger partial charge in [0.1, 0.15) is 0 Å². The summed E-state index contributed by atoms with van der Waals surface area (Å²) in [6.07, 6.45) is 1.98. The lowest BCUT2D eigenvalue weighted by Gasteiger charge is -2.30. The number of likely N-dealkylation sites (tertiary alicyclic amines) is 1. The minimum absolute atomic E-state index is 0.329. The van der Waals surface area contributed by atoms with Crippen molar-refractivity contribution in [3.8, 4) is 12.0 Å². The first kappa shape index (κ1) is 16.8. The summed E-state index contributed by atoms with van der Waals surface area (Å²) in [4.78, 5) is 15.2. The number of aromatic amines is 1. The molecule has 0 radical (unpaired) electrons. The maximum absolute atomic E-state index is 8.89. The number of para-hydroxylation sites is 4. The van der Waals surface area contributed by atoms with Crippen LogP contribution in [-0.2, 0) is 0 Å². The standard InChI is InChI=1S/C21H21N7/c22-11-14-27-12-9-15(10-13-27)23-20-26-18-7-3-4-8-19(18)28(20)21-24-16-5-1-2-6-17(16)25-21/h1-8,15H,9-10,12-14H2,(H,23,26)(H,24,25). The van der Waals surface area contributed by atoms with E-state index in [4.69, 9.17) is 15.2 Å². The van der Waals surface area contributed by atoms with Crippen molar-refractivity contribution in [2.45, 2.75) is 18.9 Å². The molecule has 2 N–H and O–H groups in total. The number of rotatable bonds is 4. The van der Waals surface area contributed by atoms with E-state index >= 15 is 0 Å². The molecule has 0 spiro atoms. The van der Waals surface area contributed by atoms with Crippen LogP contribution in [0.1, 0.15) is 12.8 Å². The highest BCUT2D eigenvalue weighted by atomic mass is 15.3. The lowest BCUT2D eigenvalue weighted by atomic mass is 10.1. The van der Waals surface area contributed by atoms with Crippen LogP contribution in [0, 0.1) is 11.3 Å². The number of hydrogen-bond donors (Lipinski definition) is 2. The molecule has 0 atom stereocenters. The number of H-pyrrole nitrogens is 1. The number of hydrogen-bond acceptors (Lipinski definition) is 5. The number of benzene rings is 2. The number of fused-ring (bicyclic) bond motifs is 2. The average molecular weight is 371 g/mol. The van der Waals surface area contributed by atoms with Gasteiger partial charge in [0.05, 0.1) is 34.7 Å². The molecule has 0 bridgehead atoms. The minimum Gasteiger partial charge on any atom is -0.352 e. The van der Waals surface area contributed by atoms with Gasteiger partial charge in [-0.3, -0.25) is 4.90 Å². The zero-order chi connectivity index (χ0) is 18.9. The zero-order valence-electron chi connectivity index (χ0n) is 15.5. The molecule has 1 fully saturated rings. The van der Waals surface area contributed by atoms with Gasteiger partial charge in [0.2, 0.25) is 11.9 Å². The Hall–Kier alpha value is -3.37. The smallest absolute Gasteiger partial charge is 0.215 e. The Bertz CT molecular complexity index is 1130. The van der Waals surface area contributed by atoms with E-state index < -0.39 is 0 Å². The molecule has 2 aromatic carbocycles. The summed E-state index contributed by atoms with van der Waals surface area (Å²) in [5, 5.41) is 12.5. The number of piperidine rings is 1. The Morgan fingerprint density at radius 2 is 1.79 bits per heavy atom. The fourth-order valence-electron chi connectivity index (χ4n) is 3.90. The number of imidazole rings is 2. The van der Waals surface area contributed by atoms with Gasteiger partial charge in [0.25, 0.3) is 0 Å². The molecule has 0 unspecified atom stereocenters. The van der Waals surface area contributed by atoms with Crippen molar-refractivity contribution >= 4 is 28.0 Å². The van der Waals surface area contributed by atoms with Gasteiger partial charge in [-0.1, -0.05) is 24.3 Å². The van der Waals surface area contributed by atoms with Crippen molar-refractivity contribution in [1.29, 1.82) is 5.26 Å². The van der Waals surface area contributed by atoms with E-state index in [1.807, 2.05) is 42.5 Å². The SMILES string of the molecule is N#CCN1CCC(Nc2nc3ccccc3n2-c2nc3ccccc3[nH]2)CC1. The summed E-state index contributed by atoms with van der Waals surface area (Å²) in [6, 6.07) is 18.7. The summed E-state index contributed by atoms with van der Waals surface area (Å²) in [5.41, 5.74) is 3.90. The molecule has 1 saturated heterocycles. The third-order valence-electron chi connectivity index (χ3n) is 5.36. The second-order valence-corrected chi connectivity index (χ2v) is 7.19. The Morgan fingerprint density at radius 1 is 1.04 bits per heavy atom. The van der Waals surface area contributed by atoms with E-state index in [2.05, 4.69) is 31.9 Å². The molecule has 0 aliphatic carbocycles. The van der Waals surface area contributed by atoms with Crippen molar-refractivity contribution in [2.24, 2.45) is 0 Å². The third kappa shape index (κ3) is 2.98. The number of nitrogens with zero attached hydrogens (tertiary/aromatic N) is 5. The van der Waals surface area contributed by atoms with Gasteiger partial charge in [-0.15, -0.1) is 0 Å².